The molecule has 1 saturated heterocycles. The van der Waals surface area contributed by atoms with Crippen molar-refractivity contribution in [1.29, 1.82) is 5.26 Å². The van der Waals surface area contributed by atoms with E-state index in [1.54, 1.807) is 42.3 Å². The summed E-state index contributed by atoms with van der Waals surface area (Å²) in [4.78, 5) is 48.9. The van der Waals surface area contributed by atoms with Gasteiger partial charge in [0.1, 0.15) is 23.7 Å². The second-order valence-electron chi connectivity index (χ2n) is 18.6. The molecule has 21 nitrogen and oxygen atoms in total. The van der Waals surface area contributed by atoms with E-state index in [2.05, 4.69) is 48.7 Å². The summed E-state index contributed by atoms with van der Waals surface area (Å²) >= 11 is 0. The minimum absolute atomic E-state index is 0.00114. The van der Waals surface area contributed by atoms with Crippen LogP contribution in [0.1, 0.15) is 74.6 Å². The summed E-state index contributed by atoms with van der Waals surface area (Å²) in [6.45, 7) is 8.40. The molecule has 0 saturated carbocycles. The Morgan fingerprint density at radius 1 is 0.821 bits per heavy atom. The van der Waals surface area contributed by atoms with Crippen LogP contribution in [-0.2, 0) is 41.7 Å². The number of nitriles is 1. The molecule has 4 atom stereocenters. The highest BCUT2D eigenvalue weighted by molar-refractivity contribution is 7.44. The summed E-state index contributed by atoms with van der Waals surface area (Å²) in [6, 6.07) is 41.9. The summed E-state index contributed by atoms with van der Waals surface area (Å²) in [6.07, 6.45) is -0.541. The maximum Gasteiger partial charge on any atom is 0.414 e. The van der Waals surface area contributed by atoms with Gasteiger partial charge in [0.2, 0.25) is 11.8 Å². The van der Waals surface area contributed by atoms with E-state index in [0.717, 1.165) is 27.8 Å². The van der Waals surface area contributed by atoms with Gasteiger partial charge in [-0.25, -0.2) is 14.4 Å². The Balaban J connectivity index is 1.15. The van der Waals surface area contributed by atoms with E-state index in [1.165, 1.54) is 24.3 Å². The van der Waals surface area contributed by atoms with Crippen LogP contribution in [0.15, 0.2) is 140 Å². The van der Waals surface area contributed by atoms with Crippen molar-refractivity contribution in [2.24, 2.45) is 0 Å². The molecule has 22 heteroatoms. The Kier molecular flexibility index (Phi) is 19.0. The number of benzene rings is 5. The third kappa shape index (κ3) is 13.6. The number of nitro benzene ring substituents is 2. The number of hydrogen-bond acceptors (Lipinski definition) is 17. The predicted octanol–water partition coefficient (Wildman–Crippen LogP) is 11.0. The molecule has 1 fully saturated rings. The zero-order valence-electron chi connectivity index (χ0n) is 43.7. The SMILES string of the molecule is COc1ccc(C(OC[C@H]2O[C@@H](n3cnc4c(OCCc5ccc([N+](=O)[O-])cc5)nc(NC(=O)OCCc5ccc([N+](=O)[O-])cc5)nc43)C[C@@H]2OP(OCCC#N)N(C(C)C)C(C)C)(c2ccccc2)c2ccccc2)cc1. The fourth-order valence-electron chi connectivity index (χ4n) is 9.15. The normalized spacial score (nSPS) is 15.8. The van der Waals surface area contributed by atoms with E-state index in [0.29, 0.717) is 12.2 Å². The molecule has 1 N–H and O–H groups in total. The third-order valence-corrected chi connectivity index (χ3v) is 15.0. The Morgan fingerprint density at radius 3 is 1.95 bits per heavy atom. The molecule has 406 valence electrons. The van der Waals surface area contributed by atoms with Crippen LogP contribution < -0.4 is 14.8 Å². The highest BCUT2D eigenvalue weighted by Crippen LogP contribution is 2.51. The molecule has 8 rings (SSSR count). The average molecular weight is 1080 g/mol. The minimum atomic E-state index is -1.77. The second kappa shape index (κ2) is 26.4. The molecule has 5 aromatic carbocycles. The first-order chi connectivity index (χ1) is 37.8. The van der Waals surface area contributed by atoms with Crippen LogP contribution in [0.25, 0.3) is 11.2 Å². The molecule has 1 unspecified atom stereocenters. The quantitative estimate of drug-likeness (QED) is 0.0174. The molecule has 2 aromatic heterocycles. The van der Waals surface area contributed by atoms with Gasteiger partial charge >= 0.3 is 6.09 Å². The Labute approximate surface area is 452 Å². The number of hydrogen-bond donors (Lipinski definition) is 1. The molecule has 3 heterocycles. The first kappa shape index (κ1) is 56.2. The molecule has 78 heavy (non-hydrogen) atoms. The summed E-state index contributed by atoms with van der Waals surface area (Å²) in [5.41, 5.74) is 3.27. The van der Waals surface area contributed by atoms with Gasteiger partial charge < -0.3 is 32.7 Å². The number of fused-ring (bicyclic) bond motifs is 1. The molecule has 1 aliphatic heterocycles. The molecule has 0 aliphatic carbocycles. The van der Waals surface area contributed by atoms with E-state index in [1.807, 2.05) is 84.9 Å². The monoisotopic (exact) mass is 1080 g/mol. The second-order valence-corrected chi connectivity index (χ2v) is 20.0. The highest BCUT2D eigenvalue weighted by atomic mass is 31.2. The smallest absolute Gasteiger partial charge is 0.414 e. The van der Waals surface area contributed by atoms with E-state index >= 15 is 0 Å². The molecule has 1 aliphatic rings. The van der Waals surface area contributed by atoms with Gasteiger partial charge in [0, 0.05) is 55.6 Å². The number of non-ortho nitro benzene ring substituents is 2. The van der Waals surface area contributed by atoms with Crippen molar-refractivity contribution in [1.82, 2.24) is 24.2 Å². The summed E-state index contributed by atoms with van der Waals surface area (Å²) in [5.74, 6) is 0.536. The number of nitrogens with one attached hydrogen (secondary N) is 1. The van der Waals surface area contributed by atoms with Crippen LogP contribution in [0.2, 0.25) is 0 Å². The zero-order valence-corrected chi connectivity index (χ0v) is 44.6. The number of methoxy groups -OCH3 is 1. The largest absolute Gasteiger partial charge is 0.497 e. The van der Waals surface area contributed by atoms with Crippen molar-refractivity contribution < 1.29 is 47.4 Å². The number of rotatable bonds is 26. The van der Waals surface area contributed by atoms with Crippen molar-refractivity contribution in [3.63, 3.8) is 0 Å². The van der Waals surface area contributed by atoms with Crippen LogP contribution in [0.4, 0.5) is 22.1 Å². The van der Waals surface area contributed by atoms with Gasteiger partial charge in [-0.2, -0.15) is 15.2 Å². The zero-order chi connectivity index (χ0) is 55.2. The van der Waals surface area contributed by atoms with Gasteiger partial charge in [0.15, 0.2) is 11.2 Å². The number of nitro groups is 2. The number of imidazole rings is 1. The summed E-state index contributed by atoms with van der Waals surface area (Å²) < 4.78 is 49.2. The van der Waals surface area contributed by atoms with Gasteiger partial charge in [-0.05, 0) is 67.6 Å². The van der Waals surface area contributed by atoms with Crippen LogP contribution in [0.3, 0.4) is 0 Å². The molecular weight excluding hydrogens is 1020 g/mol. The van der Waals surface area contributed by atoms with Gasteiger partial charge in [0.25, 0.3) is 19.9 Å². The lowest BCUT2D eigenvalue weighted by Gasteiger charge is -2.39. The standard InChI is InChI=1S/C56H60N9O12P/c1-38(2)63(39(3)4)78(75-32-12-31-57)77-48-35-50(76-49(48)36-74-56(42-13-8-6-9-14-42,43-15-10-7-11-16-43)44-21-27-47(71-5)28-22-44)62-37-58-51-52(62)59-54(60-53(51)72-33-29-40-17-23-45(24-18-40)64(67)68)61-55(66)73-34-30-41-19-25-46(26-20-41)65(69)70/h6-11,13-28,37-39,48-50H,12,29-30,32-36H2,1-5H3,(H,59,60,61,66)/t48-,49+,50+,78?/m0/s1. The number of nitrogens with zero attached hydrogens (tertiary/aromatic N) is 8. The van der Waals surface area contributed by atoms with Crippen molar-refractivity contribution in [2.45, 2.75) is 89.5 Å². The molecular formula is C56H60N9O12P. The van der Waals surface area contributed by atoms with E-state index in [9.17, 15) is 30.3 Å². The first-order valence-corrected chi connectivity index (χ1v) is 26.5. The van der Waals surface area contributed by atoms with Gasteiger partial charge in [0.05, 0.1) is 68.3 Å². The van der Waals surface area contributed by atoms with E-state index < -0.39 is 48.5 Å². The topological polar surface area (TPSA) is 251 Å². The van der Waals surface area contributed by atoms with Crippen LogP contribution >= 0.6 is 8.53 Å². The Morgan fingerprint density at radius 2 is 1.40 bits per heavy atom. The van der Waals surface area contributed by atoms with Gasteiger partial charge in [-0.15, -0.1) is 0 Å². The lowest BCUT2D eigenvalue weighted by Crippen LogP contribution is -2.39. The van der Waals surface area contributed by atoms with Crippen molar-refractivity contribution >= 4 is 43.1 Å². The van der Waals surface area contributed by atoms with Crippen LogP contribution in [-0.4, -0.2) is 98.0 Å². The van der Waals surface area contributed by atoms with E-state index in [-0.39, 0.29) is 92.1 Å². The summed E-state index contributed by atoms with van der Waals surface area (Å²) in [5, 5.41) is 34.6. The lowest BCUT2D eigenvalue weighted by atomic mass is 9.80. The molecule has 0 radical (unpaired) electrons. The highest BCUT2D eigenvalue weighted by Gasteiger charge is 2.45. The maximum absolute atomic E-state index is 13.4. The van der Waals surface area contributed by atoms with Crippen molar-refractivity contribution in [2.75, 3.05) is 38.9 Å². The predicted molar refractivity (Wildman–Crippen MR) is 290 cm³/mol. The van der Waals surface area contributed by atoms with Crippen LogP contribution in [0.5, 0.6) is 11.6 Å². The van der Waals surface area contributed by atoms with Gasteiger partial charge in [-0.3, -0.25) is 30.1 Å². The van der Waals surface area contributed by atoms with Crippen LogP contribution in [0, 0.1) is 31.6 Å². The molecule has 1 amide bonds. The van der Waals surface area contributed by atoms with Gasteiger partial charge in [-0.1, -0.05) is 97.1 Å². The Hall–Kier alpha value is -7.96. The molecule has 0 bridgehead atoms. The van der Waals surface area contributed by atoms with Crippen molar-refractivity contribution in [3.05, 3.63) is 188 Å². The van der Waals surface area contributed by atoms with Crippen molar-refractivity contribution in [3.8, 4) is 17.7 Å². The minimum Gasteiger partial charge on any atom is -0.497 e. The summed E-state index contributed by atoms with van der Waals surface area (Å²) in [7, 11) is -0.156. The number of ether oxygens (including phenoxy) is 5. The number of anilines is 1. The molecule has 7 aromatic rings. The first-order valence-electron chi connectivity index (χ1n) is 25.4. The number of amides is 1. The lowest BCUT2D eigenvalue weighted by molar-refractivity contribution is -0.385. The number of aromatic nitrogens is 4. The fraction of sp³-hybridized carbons (Fsp3) is 0.339. The third-order valence-electron chi connectivity index (χ3n) is 12.9. The van der Waals surface area contributed by atoms with E-state index in [4.69, 9.17) is 42.7 Å². The average Bonchev–Trinajstić information content (AvgIpc) is 4.12. The number of carbonyl (C=O) groups excluding carboxylic acids is 1. The Bertz CT molecular complexity index is 3100. The number of carbonyl (C=O) groups is 1. The maximum atomic E-state index is 13.4. The molecule has 0 spiro atoms. The fourth-order valence-corrected chi connectivity index (χ4v) is 10.9.